The first-order valence-electron chi connectivity index (χ1n) is 9.34. The lowest BCUT2D eigenvalue weighted by Crippen LogP contribution is -2.14. The van der Waals surface area contributed by atoms with Crippen molar-refractivity contribution in [1.29, 1.82) is 0 Å². The lowest BCUT2D eigenvalue weighted by Gasteiger charge is -2.07. The van der Waals surface area contributed by atoms with Crippen molar-refractivity contribution in [2.45, 2.75) is 90.4 Å². The molecule has 0 rings (SSSR count). The molecule has 0 fully saturated rings. The van der Waals surface area contributed by atoms with Crippen molar-refractivity contribution in [1.82, 2.24) is 0 Å². The van der Waals surface area contributed by atoms with Gasteiger partial charge in [-0.2, -0.15) is 0 Å². The fourth-order valence-corrected chi connectivity index (χ4v) is 2.82. The number of carbonyl (C=O) groups is 2. The predicted octanol–water partition coefficient (Wildman–Crippen LogP) is 4.54. The number of hydrogen-bond acceptors (Lipinski definition) is 3. The fourth-order valence-electron chi connectivity index (χ4n) is 2.82. The second kappa shape index (κ2) is 15.2. The number of hydrogen-bond donors (Lipinski definition) is 3. The molecular weight excluding hydrogens is 308 g/mol. The quantitative estimate of drug-likeness (QED) is 0.283. The molecule has 0 aliphatic rings. The molecule has 0 atom stereocenters. The Morgan fingerprint density at radius 3 is 1.33 bits per heavy atom. The van der Waals surface area contributed by atoms with Crippen LogP contribution < -0.4 is 0 Å². The van der Waals surface area contributed by atoms with Gasteiger partial charge in [-0.15, -0.1) is 0 Å². The number of carboxylic acid groups (broad SMARTS) is 2. The lowest BCUT2D eigenvalue weighted by atomic mass is 10.0. The van der Waals surface area contributed by atoms with Crippen LogP contribution in [0.3, 0.4) is 0 Å². The molecule has 3 N–H and O–H groups in total. The van der Waals surface area contributed by atoms with Gasteiger partial charge in [0.1, 0.15) is 0 Å². The first kappa shape index (κ1) is 22.6. The van der Waals surface area contributed by atoms with E-state index in [1.807, 2.05) is 0 Å². The van der Waals surface area contributed by atoms with E-state index in [9.17, 15) is 9.59 Å². The summed E-state index contributed by atoms with van der Waals surface area (Å²) in [6, 6.07) is 0. The normalized spacial score (nSPS) is 12.1. The average Bonchev–Trinajstić information content (AvgIpc) is 2.54. The van der Waals surface area contributed by atoms with Crippen LogP contribution in [0.1, 0.15) is 90.4 Å². The van der Waals surface area contributed by atoms with E-state index in [1.54, 1.807) is 0 Å². The Morgan fingerprint density at radius 2 is 1.00 bits per heavy atom. The number of carboxylic acids is 2. The molecule has 0 unspecified atom stereocenters. The highest BCUT2D eigenvalue weighted by molar-refractivity contribution is 5.98. The maximum atomic E-state index is 11.1. The van der Waals surface area contributed by atoms with Gasteiger partial charge in [0.25, 0.3) is 0 Å². The summed E-state index contributed by atoms with van der Waals surface area (Å²) in [5.41, 5.74) is -0.567. The highest BCUT2D eigenvalue weighted by atomic mass is 16.4. The minimum Gasteiger partial charge on any atom is -0.478 e. The van der Waals surface area contributed by atoms with Crippen molar-refractivity contribution in [3.05, 3.63) is 11.1 Å². The lowest BCUT2D eigenvalue weighted by molar-refractivity contribution is -0.136. The molecule has 5 heteroatoms. The van der Waals surface area contributed by atoms with Crippen LogP contribution in [0, 0.1) is 0 Å². The summed E-state index contributed by atoms with van der Waals surface area (Å²) in [6.07, 6.45) is 14.4. The Kier molecular flexibility index (Phi) is 14.3. The number of rotatable bonds is 16. The van der Waals surface area contributed by atoms with Crippen LogP contribution in [0.15, 0.2) is 11.1 Å². The molecule has 0 saturated heterocycles. The Morgan fingerprint density at radius 1 is 0.625 bits per heavy atom. The zero-order valence-corrected chi connectivity index (χ0v) is 15.1. The van der Waals surface area contributed by atoms with E-state index in [2.05, 4.69) is 6.92 Å². The Bertz CT molecular complexity index is 387. The van der Waals surface area contributed by atoms with Crippen LogP contribution in [0.4, 0.5) is 0 Å². The summed E-state index contributed by atoms with van der Waals surface area (Å²) in [4.78, 5) is 22.0. The van der Waals surface area contributed by atoms with Gasteiger partial charge in [-0.3, -0.25) is 0 Å². The van der Waals surface area contributed by atoms with Gasteiger partial charge in [0, 0.05) is 5.57 Å². The molecule has 0 aromatic carbocycles. The predicted molar refractivity (Wildman–Crippen MR) is 95.1 cm³/mol. The summed E-state index contributed by atoms with van der Waals surface area (Å²) in [7, 11) is 0. The molecule has 0 aliphatic heterocycles. The van der Waals surface area contributed by atoms with Crippen molar-refractivity contribution in [3.8, 4) is 0 Å². The summed E-state index contributed by atoms with van der Waals surface area (Å²) in [6.45, 7) is 1.48. The fraction of sp³-hybridized carbons (Fsp3) is 0.789. The van der Waals surface area contributed by atoms with Gasteiger partial charge in [0.05, 0.1) is 12.2 Å². The zero-order valence-electron chi connectivity index (χ0n) is 15.1. The summed E-state index contributed by atoms with van der Waals surface area (Å²) < 4.78 is 0. The molecule has 24 heavy (non-hydrogen) atoms. The highest BCUT2D eigenvalue weighted by Gasteiger charge is 2.18. The minimum absolute atomic E-state index is 0.169. The molecule has 5 nitrogen and oxygen atoms in total. The van der Waals surface area contributed by atoms with Gasteiger partial charge in [0.2, 0.25) is 0 Å². The van der Waals surface area contributed by atoms with E-state index >= 15 is 0 Å². The average molecular weight is 342 g/mol. The second-order valence-electron chi connectivity index (χ2n) is 6.36. The second-order valence-corrected chi connectivity index (χ2v) is 6.36. The SMILES string of the molecule is CCCCCCCCCCCCCC/C(C(=O)O)=C(\CO)C(=O)O. The van der Waals surface area contributed by atoms with Crippen LogP contribution >= 0.6 is 0 Å². The molecule has 0 saturated carbocycles. The van der Waals surface area contributed by atoms with Crippen LogP contribution in [-0.2, 0) is 9.59 Å². The maximum absolute atomic E-state index is 11.1. The molecule has 0 spiro atoms. The number of aliphatic hydroxyl groups is 1. The number of aliphatic hydroxyl groups excluding tert-OH is 1. The third-order valence-electron chi connectivity index (χ3n) is 4.32. The molecule has 140 valence electrons. The standard InChI is InChI=1S/C19H34O5/c1-2-3-4-5-6-7-8-9-10-11-12-13-14-16(18(21)22)17(15-20)19(23)24/h20H,2-15H2,1H3,(H,21,22)(H,23,24)/b17-16-. The van der Waals surface area contributed by atoms with Gasteiger partial charge >= 0.3 is 11.9 Å². The maximum Gasteiger partial charge on any atom is 0.334 e. The molecular formula is C19H34O5. The van der Waals surface area contributed by atoms with Crippen molar-refractivity contribution < 1.29 is 24.9 Å². The first-order chi connectivity index (χ1) is 11.5. The highest BCUT2D eigenvalue weighted by Crippen LogP contribution is 2.17. The number of unbranched alkanes of at least 4 members (excludes halogenated alkanes) is 11. The van der Waals surface area contributed by atoms with E-state index in [0.29, 0.717) is 6.42 Å². The Hall–Kier alpha value is -1.36. The topological polar surface area (TPSA) is 94.8 Å². The van der Waals surface area contributed by atoms with Gasteiger partial charge in [-0.25, -0.2) is 9.59 Å². The summed E-state index contributed by atoms with van der Waals surface area (Å²) >= 11 is 0. The van der Waals surface area contributed by atoms with E-state index in [0.717, 1.165) is 19.3 Å². The van der Waals surface area contributed by atoms with Gasteiger partial charge in [0.15, 0.2) is 0 Å². The molecule has 0 aromatic rings. The van der Waals surface area contributed by atoms with E-state index in [4.69, 9.17) is 15.3 Å². The molecule has 0 aliphatic carbocycles. The largest absolute Gasteiger partial charge is 0.478 e. The molecule has 0 amide bonds. The molecule has 0 radical (unpaired) electrons. The summed E-state index contributed by atoms with van der Waals surface area (Å²) in [5.74, 6) is -2.60. The van der Waals surface area contributed by atoms with Crippen LogP contribution in [0.2, 0.25) is 0 Å². The van der Waals surface area contributed by atoms with Gasteiger partial charge in [-0.05, 0) is 12.8 Å². The molecule has 0 aromatic heterocycles. The zero-order chi connectivity index (χ0) is 18.2. The molecule has 0 bridgehead atoms. The van der Waals surface area contributed by atoms with E-state index in [1.165, 1.54) is 51.4 Å². The first-order valence-corrected chi connectivity index (χ1v) is 9.34. The third-order valence-corrected chi connectivity index (χ3v) is 4.32. The van der Waals surface area contributed by atoms with Crippen molar-refractivity contribution in [2.24, 2.45) is 0 Å². The van der Waals surface area contributed by atoms with E-state index < -0.39 is 24.1 Å². The van der Waals surface area contributed by atoms with Crippen LogP contribution in [0.25, 0.3) is 0 Å². The number of aliphatic carboxylic acids is 2. The monoisotopic (exact) mass is 342 g/mol. The third kappa shape index (κ3) is 11.2. The van der Waals surface area contributed by atoms with Crippen molar-refractivity contribution >= 4 is 11.9 Å². The van der Waals surface area contributed by atoms with Crippen molar-refractivity contribution in [2.75, 3.05) is 6.61 Å². The Balaban J connectivity index is 3.74. The summed E-state index contributed by atoms with van der Waals surface area (Å²) in [5, 5.41) is 27.0. The van der Waals surface area contributed by atoms with Gasteiger partial charge in [-0.1, -0.05) is 77.6 Å². The van der Waals surface area contributed by atoms with Crippen LogP contribution in [0.5, 0.6) is 0 Å². The van der Waals surface area contributed by atoms with Crippen molar-refractivity contribution in [3.63, 3.8) is 0 Å². The van der Waals surface area contributed by atoms with E-state index in [-0.39, 0.29) is 12.0 Å². The minimum atomic E-state index is -1.35. The van der Waals surface area contributed by atoms with Gasteiger partial charge < -0.3 is 15.3 Å². The smallest absolute Gasteiger partial charge is 0.334 e. The molecule has 0 heterocycles. The Labute approximate surface area is 145 Å². The van der Waals surface area contributed by atoms with Crippen LogP contribution in [-0.4, -0.2) is 33.9 Å².